The van der Waals surface area contributed by atoms with Gasteiger partial charge in [-0.1, -0.05) is 50.2 Å². The van der Waals surface area contributed by atoms with Gasteiger partial charge in [0, 0.05) is 22.4 Å². The number of amides is 2. The van der Waals surface area contributed by atoms with Gasteiger partial charge in [-0.05, 0) is 41.8 Å². The molecule has 0 spiro atoms. The summed E-state index contributed by atoms with van der Waals surface area (Å²) in [6.45, 7) is 4.16. The van der Waals surface area contributed by atoms with Crippen LogP contribution in [0.25, 0.3) is 11.0 Å². The van der Waals surface area contributed by atoms with Gasteiger partial charge in [0.1, 0.15) is 0 Å². The van der Waals surface area contributed by atoms with E-state index in [2.05, 4.69) is 33.9 Å². The Balaban J connectivity index is 1.67. The Morgan fingerprint density at radius 3 is 2.68 bits per heavy atom. The maximum absolute atomic E-state index is 13.6. The van der Waals surface area contributed by atoms with Crippen LogP contribution in [0, 0.1) is 0 Å². The third-order valence-electron chi connectivity index (χ3n) is 6.15. The Kier molecular flexibility index (Phi) is 5.10. The molecule has 3 N–H and O–H groups in total. The van der Waals surface area contributed by atoms with Gasteiger partial charge in [0.25, 0.3) is 5.91 Å². The van der Waals surface area contributed by atoms with Crippen molar-refractivity contribution in [1.82, 2.24) is 9.97 Å². The first-order valence-electron chi connectivity index (χ1n) is 10.9. The molecule has 1 aliphatic heterocycles. The lowest BCUT2D eigenvalue weighted by Gasteiger charge is -2.35. The number of anilines is 2. The number of hydrogen-bond acceptors (Lipinski definition) is 5. The van der Waals surface area contributed by atoms with Crippen LogP contribution < -0.4 is 10.2 Å². The van der Waals surface area contributed by atoms with Crippen LogP contribution in [-0.4, -0.2) is 34.2 Å². The summed E-state index contributed by atoms with van der Waals surface area (Å²) in [6, 6.07) is 19.9. The lowest BCUT2D eigenvalue weighted by molar-refractivity contribution is 0.0704. The van der Waals surface area contributed by atoms with E-state index in [1.807, 2.05) is 24.3 Å². The SMILES string of the molecule is COC(=O)Nc1nc2ccc(C3(O)c4ccccc4C(=O)N3c3cccc(C(C)C)c3)cc2[nH]1. The average Bonchev–Trinajstić information content (AvgIpc) is 3.35. The molecule has 4 aromatic rings. The molecule has 0 radical (unpaired) electrons. The summed E-state index contributed by atoms with van der Waals surface area (Å²) in [5, 5.41) is 14.8. The van der Waals surface area contributed by atoms with Crippen molar-refractivity contribution in [3.63, 3.8) is 0 Å². The van der Waals surface area contributed by atoms with Crippen molar-refractivity contribution < 1.29 is 19.4 Å². The van der Waals surface area contributed by atoms with Gasteiger partial charge in [-0.15, -0.1) is 0 Å². The highest BCUT2D eigenvalue weighted by atomic mass is 16.5. The summed E-state index contributed by atoms with van der Waals surface area (Å²) < 4.78 is 4.62. The zero-order chi connectivity index (χ0) is 24.0. The maximum atomic E-state index is 13.6. The predicted octanol–water partition coefficient (Wildman–Crippen LogP) is 4.72. The molecule has 1 atom stereocenters. The minimum absolute atomic E-state index is 0.218. The van der Waals surface area contributed by atoms with Gasteiger partial charge in [0.15, 0.2) is 5.72 Å². The predicted molar refractivity (Wildman–Crippen MR) is 129 cm³/mol. The van der Waals surface area contributed by atoms with Crippen molar-refractivity contribution in [3.05, 3.63) is 89.0 Å². The molecule has 2 heterocycles. The Hall–Kier alpha value is -4.17. The molecule has 172 valence electrons. The van der Waals surface area contributed by atoms with Crippen molar-refractivity contribution in [2.75, 3.05) is 17.3 Å². The van der Waals surface area contributed by atoms with Gasteiger partial charge >= 0.3 is 6.09 Å². The summed E-state index contributed by atoms with van der Waals surface area (Å²) in [4.78, 5) is 33.9. The third-order valence-corrected chi connectivity index (χ3v) is 6.15. The van der Waals surface area contributed by atoms with E-state index < -0.39 is 11.8 Å². The number of carbonyl (C=O) groups is 2. The largest absolute Gasteiger partial charge is 0.453 e. The van der Waals surface area contributed by atoms with Crippen LogP contribution in [0.4, 0.5) is 16.4 Å². The lowest BCUT2D eigenvalue weighted by Crippen LogP contribution is -2.45. The van der Waals surface area contributed by atoms with Crippen LogP contribution >= 0.6 is 0 Å². The van der Waals surface area contributed by atoms with Crippen molar-refractivity contribution in [2.24, 2.45) is 0 Å². The monoisotopic (exact) mass is 456 g/mol. The number of nitrogens with one attached hydrogen (secondary N) is 2. The number of rotatable bonds is 4. The van der Waals surface area contributed by atoms with Crippen molar-refractivity contribution >= 4 is 34.7 Å². The van der Waals surface area contributed by atoms with Crippen LogP contribution in [0.15, 0.2) is 66.7 Å². The van der Waals surface area contributed by atoms with Crippen LogP contribution in [0.5, 0.6) is 0 Å². The highest BCUT2D eigenvalue weighted by molar-refractivity contribution is 6.12. The molecule has 1 aliphatic rings. The Morgan fingerprint density at radius 2 is 1.91 bits per heavy atom. The highest BCUT2D eigenvalue weighted by Crippen LogP contribution is 2.45. The molecule has 0 aliphatic carbocycles. The first-order valence-corrected chi connectivity index (χ1v) is 10.9. The van der Waals surface area contributed by atoms with E-state index in [0.717, 1.165) is 5.56 Å². The summed E-state index contributed by atoms with van der Waals surface area (Å²) in [5.41, 5.74) is 2.54. The van der Waals surface area contributed by atoms with Gasteiger partial charge in [-0.2, -0.15) is 0 Å². The molecule has 5 rings (SSSR count). The molecule has 0 fully saturated rings. The zero-order valence-corrected chi connectivity index (χ0v) is 19.0. The Morgan fingerprint density at radius 1 is 1.12 bits per heavy atom. The van der Waals surface area contributed by atoms with Crippen molar-refractivity contribution in [2.45, 2.75) is 25.5 Å². The molecule has 0 saturated heterocycles. The number of ether oxygens (including phenoxy) is 1. The smallest absolute Gasteiger partial charge is 0.413 e. The fourth-order valence-corrected chi connectivity index (χ4v) is 4.41. The van der Waals surface area contributed by atoms with Gasteiger partial charge in [-0.3, -0.25) is 15.0 Å². The summed E-state index contributed by atoms with van der Waals surface area (Å²) in [6.07, 6.45) is -0.649. The summed E-state index contributed by atoms with van der Waals surface area (Å²) in [5.74, 6) is 0.197. The second-order valence-corrected chi connectivity index (χ2v) is 8.54. The number of methoxy groups -OCH3 is 1. The Labute approximate surface area is 196 Å². The van der Waals surface area contributed by atoms with Crippen LogP contribution in [0.1, 0.15) is 46.8 Å². The van der Waals surface area contributed by atoms with E-state index in [1.165, 1.54) is 12.0 Å². The quantitative estimate of drug-likeness (QED) is 0.412. The molecule has 2 amide bonds. The van der Waals surface area contributed by atoms with Gasteiger partial charge in [0.05, 0.1) is 18.1 Å². The number of imidazole rings is 1. The van der Waals surface area contributed by atoms with E-state index in [0.29, 0.717) is 33.4 Å². The van der Waals surface area contributed by atoms with Crippen molar-refractivity contribution in [3.8, 4) is 0 Å². The number of carbonyl (C=O) groups excluding carboxylic acids is 2. The molecule has 8 heteroatoms. The van der Waals surface area contributed by atoms with Gasteiger partial charge in [-0.25, -0.2) is 9.78 Å². The number of aromatic nitrogens is 2. The molecular weight excluding hydrogens is 432 g/mol. The van der Waals surface area contributed by atoms with E-state index in [9.17, 15) is 14.7 Å². The molecule has 1 aromatic heterocycles. The van der Waals surface area contributed by atoms with Gasteiger partial charge < -0.3 is 14.8 Å². The maximum Gasteiger partial charge on any atom is 0.413 e. The van der Waals surface area contributed by atoms with E-state index in [-0.39, 0.29) is 17.8 Å². The van der Waals surface area contributed by atoms with E-state index in [4.69, 9.17) is 0 Å². The number of aromatic amines is 1. The minimum Gasteiger partial charge on any atom is -0.453 e. The van der Waals surface area contributed by atoms with E-state index >= 15 is 0 Å². The summed E-state index contributed by atoms with van der Waals surface area (Å²) >= 11 is 0. The molecule has 34 heavy (non-hydrogen) atoms. The Bertz CT molecular complexity index is 1430. The van der Waals surface area contributed by atoms with Crippen LogP contribution in [0.3, 0.4) is 0 Å². The minimum atomic E-state index is -1.74. The van der Waals surface area contributed by atoms with Crippen LogP contribution in [0.2, 0.25) is 0 Å². The molecule has 8 nitrogen and oxygen atoms in total. The number of fused-ring (bicyclic) bond motifs is 2. The molecule has 3 aromatic carbocycles. The first-order chi connectivity index (χ1) is 16.3. The van der Waals surface area contributed by atoms with E-state index in [1.54, 1.807) is 42.5 Å². The number of aliphatic hydroxyl groups is 1. The fraction of sp³-hybridized carbons (Fsp3) is 0.192. The number of H-pyrrole nitrogens is 1. The summed E-state index contributed by atoms with van der Waals surface area (Å²) in [7, 11) is 1.27. The molecule has 1 unspecified atom stereocenters. The second kappa shape index (κ2) is 8.00. The standard InChI is InChI=1S/C26H24N4O4/c1-15(2)16-7-6-8-18(13-16)30-23(31)19-9-4-5-10-20(19)26(30,33)17-11-12-21-22(14-17)28-24(27-21)29-25(32)34-3/h4-15,33H,1-3H3,(H2,27,28,29,32). The molecule has 0 bridgehead atoms. The topological polar surface area (TPSA) is 108 Å². The van der Waals surface area contributed by atoms with Gasteiger partial charge in [0.2, 0.25) is 5.95 Å². The normalized spacial score (nSPS) is 17.3. The number of hydrogen-bond donors (Lipinski definition) is 3. The molecular formula is C26H24N4O4. The number of nitrogens with zero attached hydrogens (tertiary/aromatic N) is 2. The fourth-order valence-electron chi connectivity index (χ4n) is 4.41. The number of benzene rings is 3. The first kappa shape index (κ1) is 21.7. The highest BCUT2D eigenvalue weighted by Gasteiger charge is 2.50. The average molecular weight is 457 g/mol. The van der Waals surface area contributed by atoms with Crippen molar-refractivity contribution in [1.29, 1.82) is 0 Å². The molecule has 0 saturated carbocycles. The third kappa shape index (κ3) is 3.31. The van der Waals surface area contributed by atoms with Crippen LogP contribution in [-0.2, 0) is 10.5 Å². The second-order valence-electron chi connectivity index (χ2n) is 8.54. The zero-order valence-electron chi connectivity index (χ0n) is 19.0. The lowest BCUT2D eigenvalue weighted by atomic mass is 9.93.